The third kappa shape index (κ3) is 3.86. The van der Waals surface area contributed by atoms with Crippen LogP contribution in [0.2, 0.25) is 0 Å². The number of aryl methyl sites for hydroxylation is 1. The number of rotatable bonds is 1. The Morgan fingerprint density at radius 3 is 1.91 bits per heavy atom. The molecule has 2 aliphatic heterocycles. The fraction of sp³-hybridized carbons (Fsp3) is 0.0385. The zero-order valence-corrected chi connectivity index (χ0v) is 18.1. The second-order valence-corrected chi connectivity index (χ2v) is 7.84. The molecule has 6 heterocycles. The van der Waals surface area contributed by atoms with Crippen molar-refractivity contribution in [1.29, 1.82) is 0 Å². The second-order valence-electron chi connectivity index (χ2n) is 7.84. The maximum absolute atomic E-state index is 4.77. The van der Waals surface area contributed by atoms with E-state index in [0.29, 0.717) is 0 Å². The summed E-state index contributed by atoms with van der Waals surface area (Å²) in [5.74, 6) is 0. The Labute approximate surface area is 191 Å². The topological polar surface area (TPSA) is 61.2 Å². The highest BCUT2D eigenvalue weighted by Crippen LogP contribution is 2.27. The normalized spacial score (nSPS) is 12.0. The zero-order chi connectivity index (χ0) is 20.8. The number of pyridine rings is 1. The summed E-state index contributed by atoms with van der Waals surface area (Å²) in [5.41, 5.74) is 10.1. The maximum Gasteiger partial charge on any atom is 0.169 e. The van der Waals surface area contributed by atoms with Crippen molar-refractivity contribution in [2.24, 2.45) is 7.05 Å². The number of fused-ring (bicyclic) bond motifs is 8. The van der Waals surface area contributed by atoms with Gasteiger partial charge in [0.05, 0.1) is 22.8 Å². The van der Waals surface area contributed by atoms with Gasteiger partial charge in [0.2, 0.25) is 0 Å². The average molecular weight is 438 g/mol. The van der Waals surface area contributed by atoms with Crippen LogP contribution in [-0.4, -0.2) is 19.9 Å². The van der Waals surface area contributed by atoms with Crippen molar-refractivity contribution in [2.45, 2.75) is 0 Å². The van der Waals surface area contributed by atoms with Gasteiger partial charge in [0.1, 0.15) is 7.05 Å². The van der Waals surface area contributed by atoms with Gasteiger partial charge in [-0.15, -0.1) is 0 Å². The Morgan fingerprint density at radius 1 is 0.625 bits per heavy atom. The van der Waals surface area contributed by atoms with E-state index in [1.807, 2.05) is 48.1 Å². The summed E-state index contributed by atoms with van der Waals surface area (Å²) in [6, 6.07) is 18.9. The molecule has 5 nitrogen and oxygen atoms in total. The molecule has 2 aliphatic rings. The number of H-pyrrole nitrogens is 2. The highest BCUT2D eigenvalue weighted by molar-refractivity contribution is 5.87. The Balaban J connectivity index is 0.00000216. The van der Waals surface area contributed by atoms with E-state index in [1.165, 1.54) is 0 Å². The predicted octanol–water partition coefficient (Wildman–Crippen LogP) is 2.15. The molecule has 156 valence electrons. The molecular formula is C26H20ClN5. The summed E-state index contributed by atoms with van der Waals surface area (Å²) in [4.78, 5) is 16.5. The van der Waals surface area contributed by atoms with Crippen LogP contribution in [0, 0.1) is 0 Å². The van der Waals surface area contributed by atoms with Crippen molar-refractivity contribution in [3.8, 4) is 11.1 Å². The first-order valence-electron chi connectivity index (χ1n) is 10.2. The summed E-state index contributed by atoms with van der Waals surface area (Å²) in [7, 11) is 2.02. The van der Waals surface area contributed by atoms with Crippen molar-refractivity contribution in [1.82, 2.24) is 19.9 Å². The van der Waals surface area contributed by atoms with Crippen LogP contribution in [0.1, 0.15) is 22.8 Å². The summed E-state index contributed by atoms with van der Waals surface area (Å²) in [5, 5.41) is 0. The molecule has 2 N–H and O–H groups in total. The maximum atomic E-state index is 4.77. The van der Waals surface area contributed by atoms with Crippen LogP contribution in [0.25, 0.3) is 57.5 Å². The number of halogens is 1. The van der Waals surface area contributed by atoms with Gasteiger partial charge in [-0.2, -0.15) is 0 Å². The van der Waals surface area contributed by atoms with E-state index < -0.39 is 0 Å². The number of nitrogens with one attached hydrogen (secondary N) is 2. The fourth-order valence-corrected chi connectivity index (χ4v) is 3.94. The van der Waals surface area contributed by atoms with E-state index in [4.69, 9.17) is 4.98 Å². The first-order valence-corrected chi connectivity index (χ1v) is 10.2. The quantitative estimate of drug-likeness (QED) is 0.387. The number of hydrogen-bond donors (Lipinski definition) is 2. The third-order valence-corrected chi connectivity index (χ3v) is 5.46. The smallest absolute Gasteiger partial charge is 0.169 e. The van der Waals surface area contributed by atoms with Crippen molar-refractivity contribution in [2.75, 3.05) is 0 Å². The molecule has 0 aromatic carbocycles. The second kappa shape index (κ2) is 7.94. The summed E-state index contributed by atoms with van der Waals surface area (Å²) >= 11 is 0. The van der Waals surface area contributed by atoms with Crippen molar-refractivity contribution < 1.29 is 17.0 Å². The minimum atomic E-state index is 0. The average Bonchev–Trinajstić information content (AvgIpc) is 3.54. The molecule has 0 unspecified atom stereocenters. The standard InChI is InChI=1S/C26H19N5.ClH/c1-31-10-8-17(9-11-31)25-15-24-14-22-5-4-20(28-22)12-18-2-3-19(27-18)13-21-6-7-23(29-21)16-26(25)30-24;/h2-16H,1H3,(H,27,28,29,30);1H. The molecule has 8 bridgehead atoms. The Kier molecular flexibility index (Phi) is 4.96. The number of aromatic nitrogens is 5. The lowest BCUT2D eigenvalue weighted by Crippen LogP contribution is -3.00. The first-order chi connectivity index (χ1) is 15.2. The molecular weight excluding hydrogens is 418 g/mol. The Morgan fingerprint density at radius 2 is 1.22 bits per heavy atom. The minimum absolute atomic E-state index is 0. The van der Waals surface area contributed by atoms with E-state index in [9.17, 15) is 0 Å². The number of nitrogens with zero attached hydrogens (tertiary/aromatic N) is 3. The van der Waals surface area contributed by atoms with Crippen LogP contribution < -0.4 is 17.0 Å². The Bertz CT molecular complexity index is 1540. The van der Waals surface area contributed by atoms with Gasteiger partial charge in [0, 0.05) is 39.8 Å². The Hall–Kier alpha value is -3.96. The van der Waals surface area contributed by atoms with Crippen molar-refractivity contribution in [3.05, 3.63) is 89.8 Å². The largest absolute Gasteiger partial charge is 1.00 e. The molecule has 4 aromatic rings. The van der Waals surface area contributed by atoms with Gasteiger partial charge in [-0.25, -0.2) is 14.5 Å². The molecule has 0 aliphatic carbocycles. The van der Waals surface area contributed by atoms with Crippen LogP contribution in [0.4, 0.5) is 0 Å². The van der Waals surface area contributed by atoms with E-state index in [-0.39, 0.29) is 12.4 Å². The highest BCUT2D eigenvalue weighted by Gasteiger charge is 2.08. The van der Waals surface area contributed by atoms with Gasteiger partial charge in [0.15, 0.2) is 12.4 Å². The molecule has 0 fully saturated rings. The SMILES string of the molecule is C[n+]1ccc(-c2cc3cc4ccc(cc5nc(cc6nc(cc2[nH]3)C=C6)C=C5)[nH]4)cc1.[Cl-]. The van der Waals surface area contributed by atoms with Crippen LogP contribution in [0.15, 0.2) is 67.0 Å². The van der Waals surface area contributed by atoms with E-state index >= 15 is 0 Å². The lowest BCUT2D eigenvalue weighted by atomic mass is 10.1. The van der Waals surface area contributed by atoms with Crippen LogP contribution in [0.3, 0.4) is 0 Å². The van der Waals surface area contributed by atoms with Crippen molar-refractivity contribution in [3.63, 3.8) is 0 Å². The predicted molar refractivity (Wildman–Crippen MR) is 125 cm³/mol. The van der Waals surface area contributed by atoms with Crippen LogP contribution in [0.5, 0.6) is 0 Å². The van der Waals surface area contributed by atoms with Gasteiger partial charge in [-0.1, -0.05) is 0 Å². The molecule has 4 aromatic heterocycles. The summed E-state index contributed by atoms with van der Waals surface area (Å²) in [6.45, 7) is 0. The zero-order valence-electron chi connectivity index (χ0n) is 17.4. The van der Waals surface area contributed by atoms with Gasteiger partial charge in [-0.3, -0.25) is 0 Å². The lowest BCUT2D eigenvalue weighted by Gasteiger charge is -1.97. The van der Waals surface area contributed by atoms with Gasteiger partial charge in [-0.05, 0) is 72.3 Å². The number of hydrogen-bond acceptors (Lipinski definition) is 2. The highest BCUT2D eigenvalue weighted by atomic mass is 35.5. The van der Waals surface area contributed by atoms with Gasteiger partial charge in [0.25, 0.3) is 0 Å². The third-order valence-electron chi connectivity index (χ3n) is 5.46. The monoisotopic (exact) mass is 437 g/mol. The summed E-state index contributed by atoms with van der Waals surface area (Å²) < 4.78 is 2.04. The molecule has 0 radical (unpaired) electrons. The van der Waals surface area contributed by atoms with Gasteiger partial charge < -0.3 is 22.4 Å². The molecule has 32 heavy (non-hydrogen) atoms. The van der Waals surface area contributed by atoms with E-state index in [0.717, 1.165) is 56.0 Å². The summed E-state index contributed by atoms with van der Waals surface area (Å²) in [6.07, 6.45) is 12.2. The van der Waals surface area contributed by atoms with E-state index in [2.05, 4.69) is 69.8 Å². The van der Waals surface area contributed by atoms with Crippen LogP contribution in [-0.2, 0) is 7.05 Å². The van der Waals surface area contributed by atoms with E-state index in [1.54, 1.807) is 0 Å². The molecule has 0 saturated heterocycles. The molecule has 0 spiro atoms. The van der Waals surface area contributed by atoms with Gasteiger partial charge >= 0.3 is 0 Å². The fourth-order valence-electron chi connectivity index (χ4n) is 3.94. The lowest BCUT2D eigenvalue weighted by molar-refractivity contribution is -0.671. The molecule has 0 amide bonds. The van der Waals surface area contributed by atoms with Crippen molar-refractivity contribution >= 4 is 46.4 Å². The molecule has 6 rings (SSSR count). The minimum Gasteiger partial charge on any atom is -1.00 e. The molecule has 0 saturated carbocycles. The number of aromatic amines is 2. The molecule has 6 heteroatoms. The first kappa shape index (κ1) is 20.0. The molecule has 0 atom stereocenters. The van der Waals surface area contributed by atoms with Crippen LogP contribution >= 0.6 is 0 Å².